The first kappa shape index (κ1) is 14.3. The molecular weight excluding hydrogens is 242 g/mol. The van der Waals surface area contributed by atoms with Gasteiger partial charge in [0.15, 0.2) is 0 Å². The SMILES string of the molecule is CCCC(=O)N1CCCC(C(=O)N2CCNCC2)C1. The molecule has 2 saturated heterocycles. The van der Waals surface area contributed by atoms with Crippen LogP contribution in [0.25, 0.3) is 0 Å². The Hall–Kier alpha value is -1.10. The third-order valence-corrected chi connectivity index (χ3v) is 4.02. The molecule has 19 heavy (non-hydrogen) atoms. The van der Waals surface area contributed by atoms with Crippen LogP contribution in [0.4, 0.5) is 0 Å². The molecule has 2 fully saturated rings. The van der Waals surface area contributed by atoms with Crippen LogP contribution in [0.5, 0.6) is 0 Å². The lowest BCUT2D eigenvalue weighted by Gasteiger charge is -2.36. The summed E-state index contributed by atoms with van der Waals surface area (Å²) < 4.78 is 0. The highest BCUT2D eigenvalue weighted by Gasteiger charge is 2.31. The molecule has 5 nitrogen and oxygen atoms in total. The number of carbonyl (C=O) groups is 2. The number of nitrogens with zero attached hydrogens (tertiary/aromatic N) is 2. The molecule has 1 N–H and O–H groups in total. The zero-order valence-electron chi connectivity index (χ0n) is 11.9. The fourth-order valence-electron chi connectivity index (χ4n) is 2.92. The molecule has 108 valence electrons. The lowest BCUT2D eigenvalue weighted by atomic mass is 9.96. The van der Waals surface area contributed by atoms with Gasteiger partial charge in [-0.25, -0.2) is 0 Å². The zero-order valence-corrected chi connectivity index (χ0v) is 11.9. The van der Waals surface area contributed by atoms with Gasteiger partial charge in [-0.3, -0.25) is 9.59 Å². The van der Waals surface area contributed by atoms with Crippen LogP contribution in [0.3, 0.4) is 0 Å². The van der Waals surface area contributed by atoms with Gasteiger partial charge in [0.05, 0.1) is 5.92 Å². The van der Waals surface area contributed by atoms with Crippen molar-refractivity contribution in [2.75, 3.05) is 39.3 Å². The van der Waals surface area contributed by atoms with Crippen molar-refractivity contribution in [2.45, 2.75) is 32.6 Å². The third-order valence-electron chi connectivity index (χ3n) is 4.02. The molecule has 5 heteroatoms. The molecule has 2 rings (SSSR count). The fraction of sp³-hybridized carbons (Fsp3) is 0.857. The van der Waals surface area contributed by atoms with Crippen molar-refractivity contribution in [3.8, 4) is 0 Å². The first-order valence-electron chi connectivity index (χ1n) is 7.49. The summed E-state index contributed by atoms with van der Waals surface area (Å²) in [7, 11) is 0. The average molecular weight is 267 g/mol. The number of hydrogen-bond donors (Lipinski definition) is 1. The maximum absolute atomic E-state index is 12.4. The Kier molecular flexibility index (Phi) is 5.19. The number of hydrogen-bond acceptors (Lipinski definition) is 3. The van der Waals surface area contributed by atoms with E-state index in [1.54, 1.807) is 0 Å². The third kappa shape index (κ3) is 3.69. The van der Waals surface area contributed by atoms with Gasteiger partial charge >= 0.3 is 0 Å². The van der Waals surface area contributed by atoms with E-state index >= 15 is 0 Å². The molecule has 2 aliphatic rings. The summed E-state index contributed by atoms with van der Waals surface area (Å²) in [5, 5.41) is 3.26. The van der Waals surface area contributed by atoms with E-state index in [1.165, 1.54) is 0 Å². The normalized spacial score (nSPS) is 24.4. The van der Waals surface area contributed by atoms with E-state index in [0.29, 0.717) is 13.0 Å². The topological polar surface area (TPSA) is 52.7 Å². The summed E-state index contributed by atoms with van der Waals surface area (Å²) in [5.41, 5.74) is 0. The quantitative estimate of drug-likeness (QED) is 0.808. The fourth-order valence-corrected chi connectivity index (χ4v) is 2.92. The molecule has 1 atom stereocenters. The van der Waals surface area contributed by atoms with Crippen LogP contribution in [-0.2, 0) is 9.59 Å². The van der Waals surface area contributed by atoms with Crippen molar-refractivity contribution in [3.63, 3.8) is 0 Å². The highest BCUT2D eigenvalue weighted by Crippen LogP contribution is 2.20. The Bertz CT molecular complexity index is 327. The molecule has 0 bridgehead atoms. The van der Waals surface area contributed by atoms with Gasteiger partial charge in [-0.15, -0.1) is 0 Å². The number of nitrogens with one attached hydrogen (secondary N) is 1. The van der Waals surface area contributed by atoms with Crippen molar-refractivity contribution < 1.29 is 9.59 Å². The van der Waals surface area contributed by atoms with Gasteiger partial charge in [-0.2, -0.15) is 0 Å². The van der Waals surface area contributed by atoms with Crippen molar-refractivity contribution in [3.05, 3.63) is 0 Å². The van der Waals surface area contributed by atoms with E-state index < -0.39 is 0 Å². The summed E-state index contributed by atoms with van der Waals surface area (Å²) in [4.78, 5) is 28.2. The van der Waals surface area contributed by atoms with E-state index in [4.69, 9.17) is 0 Å². The molecule has 0 radical (unpaired) electrons. The van der Waals surface area contributed by atoms with E-state index in [0.717, 1.165) is 52.0 Å². The number of piperazine rings is 1. The van der Waals surface area contributed by atoms with Gasteiger partial charge < -0.3 is 15.1 Å². The number of rotatable bonds is 3. The summed E-state index contributed by atoms with van der Waals surface area (Å²) in [6.45, 7) is 6.85. The Labute approximate surface area is 115 Å². The van der Waals surface area contributed by atoms with Gasteiger partial charge in [0.1, 0.15) is 0 Å². The highest BCUT2D eigenvalue weighted by molar-refractivity contribution is 5.81. The summed E-state index contributed by atoms with van der Waals surface area (Å²) in [5.74, 6) is 0.475. The minimum absolute atomic E-state index is 0.0210. The Morgan fingerprint density at radius 2 is 1.89 bits per heavy atom. The predicted octanol–water partition coefficient (Wildman–Crippen LogP) is 0.457. The molecule has 2 heterocycles. The van der Waals surface area contributed by atoms with Gasteiger partial charge in [-0.1, -0.05) is 6.92 Å². The Morgan fingerprint density at radius 3 is 2.58 bits per heavy atom. The Morgan fingerprint density at radius 1 is 1.16 bits per heavy atom. The second kappa shape index (κ2) is 6.89. The molecule has 0 aromatic carbocycles. The van der Waals surface area contributed by atoms with Gasteiger partial charge in [0.2, 0.25) is 11.8 Å². The molecule has 0 aromatic heterocycles. The second-order valence-corrected chi connectivity index (χ2v) is 5.50. The number of amides is 2. The maximum Gasteiger partial charge on any atom is 0.227 e. The largest absolute Gasteiger partial charge is 0.342 e. The maximum atomic E-state index is 12.4. The zero-order chi connectivity index (χ0) is 13.7. The van der Waals surface area contributed by atoms with Crippen LogP contribution in [0.15, 0.2) is 0 Å². The molecular formula is C14H25N3O2. The van der Waals surface area contributed by atoms with Gasteiger partial charge in [-0.05, 0) is 19.3 Å². The average Bonchev–Trinajstić information content (AvgIpc) is 2.48. The van der Waals surface area contributed by atoms with Crippen LogP contribution in [0.1, 0.15) is 32.6 Å². The van der Waals surface area contributed by atoms with E-state index in [9.17, 15) is 9.59 Å². The smallest absolute Gasteiger partial charge is 0.227 e. The van der Waals surface area contributed by atoms with Crippen molar-refractivity contribution in [1.29, 1.82) is 0 Å². The molecule has 2 aliphatic heterocycles. The van der Waals surface area contributed by atoms with Gasteiger partial charge in [0, 0.05) is 45.7 Å². The minimum atomic E-state index is 0.0210. The number of carbonyl (C=O) groups excluding carboxylic acids is 2. The van der Waals surface area contributed by atoms with Crippen LogP contribution in [-0.4, -0.2) is 60.9 Å². The molecule has 2 amide bonds. The van der Waals surface area contributed by atoms with Crippen molar-refractivity contribution in [1.82, 2.24) is 15.1 Å². The molecule has 0 saturated carbocycles. The van der Waals surface area contributed by atoms with Crippen molar-refractivity contribution in [2.24, 2.45) is 5.92 Å². The summed E-state index contributed by atoms with van der Waals surface area (Å²) in [6, 6.07) is 0. The summed E-state index contributed by atoms with van der Waals surface area (Å²) in [6.07, 6.45) is 3.37. The Balaban J connectivity index is 1.89. The lowest BCUT2D eigenvalue weighted by Crippen LogP contribution is -2.51. The molecule has 1 unspecified atom stereocenters. The van der Waals surface area contributed by atoms with E-state index in [1.807, 2.05) is 16.7 Å². The standard InChI is InChI=1S/C14H25N3O2/c1-2-4-13(18)17-8-3-5-12(11-17)14(19)16-9-6-15-7-10-16/h12,15H,2-11H2,1H3. The number of piperidine rings is 1. The first-order chi connectivity index (χ1) is 9.22. The van der Waals surface area contributed by atoms with E-state index in [-0.39, 0.29) is 17.7 Å². The minimum Gasteiger partial charge on any atom is -0.342 e. The van der Waals surface area contributed by atoms with Gasteiger partial charge in [0.25, 0.3) is 0 Å². The lowest BCUT2D eigenvalue weighted by molar-refractivity contribution is -0.141. The molecule has 0 spiro atoms. The van der Waals surface area contributed by atoms with Crippen LogP contribution in [0, 0.1) is 5.92 Å². The molecule has 0 aromatic rings. The van der Waals surface area contributed by atoms with E-state index in [2.05, 4.69) is 5.32 Å². The van der Waals surface area contributed by atoms with Crippen molar-refractivity contribution >= 4 is 11.8 Å². The first-order valence-corrected chi connectivity index (χ1v) is 7.49. The van der Waals surface area contributed by atoms with Crippen LogP contribution >= 0.6 is 0 Å². The second-order valence-electron chi connectivity index (χ2n) is 5.50. The predicted molar refractivity (Wildman–Crippen MR) is 73.7 cm³/mol. The van der Waals surface area contributed by atoms with Crippen LogP contribution < -0.4 is 5.32 Å². The molecule has 0 aliphatic carbocycles. The van der Waals surface area contributed by atoms with Crippen LogP contribution in [0.2, 0.25) is 0 Å². The monoisotopic (exact) mass is 267 g/mol. The summed E-state index contributed by atoms with van der Waals surface area (Å²) >= 11 is 0. The number of likely N-dealkylation sites (tertiary alicyclic amines) is 1. The highest BCUT2D eigenvalue weighted by atomic mass is 16.2.